The summed E-state index contributed by atoms with van der Waals surface area (Å²) in [4.78, 5) is 3.59. The van der Waals surface area contributed by atoms with Gasteiger partial charge in [0.15, 0.2) is 0 Å². The van der Waals surface area contributed by atoms with Gasteiger partial charge in [0.05, 0.1) is 5.56 Å². The van der Waals surface area contributed by atoms with Gasteiger partial charge in [0, 0.05) is 28.7 Å². The fraction of sp³-hybridized carbons (Fsp3) is 0.267. The van der Waals surface area contributed by atoms with Crippen LogP contribution in [-0.4, -0.2) is 4.98 Å². The molecule has 0 radical (unpaired) electrons. The van der Waals surface area contributed by atoms with E-state index in [2.05, 4.69) is 20.9 Å². The SMILES string of the molecule is Cc1cccnc1CC(Br)c1cc(C(F)(F)F)ccc1F. The molecule has 2 rings (SSSR count). The van der Waals surface area contributed by atoms with Gasteiger partial charge in [0.1, 0.15) is 5.82 Å². The summed E-state index contributed by atoms with van der Waals surface area (Å²) in [5.74, 6) is -0.668. The molecule has 0 bridgehead atoms. The number of alkyl halides is 4. The topological polar surface area (TPSA) is 12.9 Å². The highest BCUT2D eigenvalue weighted by molar-refractivity contribution is 9.09. The Morgan fingerprint density at radius 2 is 1.95 bits per heavy atom. The first-order chi connectivity index (χ1) is 9.79. The molecule has 0 saturated heterocycles. The van der Waals surface area contributed by atoms with Crippen molar-refractivity contribution >= 4 is 15.9 Å². The first-order valence-corrected chi connectivity index (χ1v) is 7.12. The molecule has 1 atom stereocenters. The molecule has 0 saturated carbocycles. The van der Waals surface area contributed by atoms with Crippen LogP contribution in [0.2, 0.25) is 0 Å². The van der Waals surface area contributed by atoms with E-state index in [-0.39, 0.29) is 5.56 Å². The molecule has 0 aliphatic carbocycles. The first-order valence-electron chi connectivity index (χ1n) is 6.20. The monoisotopic (exact) mass is 361 g/mol. The molecule has 1 nitrogen and oxygen atoms in total. The van der Waals surface area contributed by atoms with Crippen molar-refractivity contribution in [2.75, 3.05) is 0 Å². The van der Waals surface area contributed by atoms with Gasteiger partial charge in [-0.05, 0) is 36.8 Å². The van der Waals surface area contributed by atoms with E-state index < -0.39 is 22.4 Å². The molecule has 1 aromatic carbocycles. The number of aryl methyl sites for hydroxylation is 1. The van der Waals surface area contributed by atoms with Gasteiger partial charge in [0.25, 0.3) is 0 Å². The lowest BCUT2D eigenvalue weighted by molar-refractivity contribution is -0.137. The van der Waals surface area contributed by atoms with Crippen molar-refractivity contribution in [3.05, 3.63) is 64.7 Å². The minimum Gasteiger partial charge on any atom is -0.261 e. The van der Waals surface area contributed by atoms with Gasteiger partial charge in [-0.1, -0.05) is 22.0 Å². The van der Waals surface area contributed by atoms with Crippen molar-refractivity contribution in [3.8, 4) is 0 Å². The van der Waals surface area contributed by atoms with Crippen molar-refractivity contribution in [2.24, 2.45) is 0 Å². The third-order valence-electron chi connectivity index (χ3n) is 3.15. The zero-order valence-electron chi connectivity index (χ0n) is 11.1. The summed E-state index contributed by atoms with van der Waals surface area (Å²) >= 11 is 3.26. The Balaban J connectivity index is 2.31. The third-order valence-corrected chi connectivity index (χ3v) is 3.97. The molecule has 0 N–H and O–H groups in total. The zero-order chi connectivity index (χ0) is 15.6. The van der Waals surface area contributed by atoms with Gasteiger partial charge >= 0.3 is 6.18 Å². The Labute approximate surface area is 128 Å². The first kappa shape index (κ1) is 15.9. The Kier molecular flexibility index (Phi) is 4.66. The van der Waals surface area contributed by atoms with Crippen LogP contribution in [0.3, 0.4) is 0 Å². The predicted molar refractivity (Wildman–Crippen MR) is 75.7 cm³/mol. The summed E-state index contributed by atoms with van der Waals surface area (Å²) < 4.78 is 51.9. The lowest BCUT2D eigenvalue weighted by Crippen LogP contribution is -2.08. The van der Waals surface area contributed by atoms with Crippen LogP contribution in [0.25, 0.3) is 0 Å². The number of aromatic nitrogens is 1. The number of halogens is 5. The smallest absolute Gasteiger partial charge is 0.261 e. The van der Waals surface area contributed by atoms with Crippen LogP contribution in [0, 0.1) is 12.7 Å². The van der Waals surface area contributed by atoms with Crippen LogP contribution in [0.15, 0.2) is 36.5 Å². The van der Waals surface area contributed by atoms with Gasteiger partial charge < -0.3 is 0 Å². The largest absolute Gasteiger partial charge is 0.416 e. The zero-order valence-corrected chi connectivity index (χ0v) is 12.7. The van der Waals surface area contributed by atoms with Gasteiger partial charge in [-0.15, -0.1) is 0 Å². The van der Waals surface area contributed by atoms with Crippen molar-refractivity contribution in [3.63, 3.8) is 0 Å². The molecule has 1 aromatic heterocycles. The maximum Gasteiger partial charge on any atom is 0.416 e. The highest BCUT2D eigenvalue weighted by atomic mass is 79.9. The van der Waals surface area contributed by atoms with Crippen molar-refractivity contribution in [1.29, 1.82) is 0 Å². The molecular weight excluding hydrogens is 350 g/mol. The molecule has 0 spiro atoms. The van der Waals surface area contributed by atoms with Crippen LogP contribution in [0.4, 0.5) is 17.6 Å². The van der Waals surface area contributed by atoms with E-state index in [9.17, 15) is 17.6 Å². The standard InChI is InChI=1S/C15H12BrF4N/c1-9-3-2-6-21-14(9)8-12(16)11-7-10(15(18,19)20)4-5-13(11)17/h2-7,12H,8H2,1H3. The van der Waals surface area contributed by atoms with Gasteiger partial charge in [0.2, 0.25) is 0 Å². The molecule has 2 aromatic rings. The van der Waals surface area contributed by atoms with Crippen LogP contribution >= 0.6 is 15.9 Å². The average molecular weight is 362 g/mol. The number of benzene rings is 1. The summed E-state index contributed by atoms with van der Waals surface area (Å²) in [5.41, 5.74) is 0.751. The van der Waals surface area contributed by atoms with E-state index >= 15 is 0 Å². The maximum absolute atomic E-state index is 13.8. The predicted octanol–water partition coefficient (Wildman–Crippen LogP) is 5.23. The summed E-state index contributed by atoms with van der Waals surface area (Å²) in [5, 5.41) is 0. The molecule has 21 heavy (non-hydrogen) atoms. The highest BCUT2D eigenvalue weighted by Gasteiger charge is 2.31. The Morgan fingerprint density at radius 1 is 1.24 bits per heavy atom. The minimum atomic E-state index is -4.49. The summed E-state index contributed by atoms with van der Waals surface area (Å²) in [6.07, 6.45) is -2.58. The Hall–Kier alpha value is -1.43. The van der Waals surface area contributed by atoms with E-state index in [0.29, 0.717) is 6.42 Å². The highest BCUT2D eigenvalue weighted by Crippen LogP contribution is 2.35. The minimum absolute atomic E-state index is 0.0186. The Bertz CT molecular complexity index is 640. The maximum atomic E-state index is 13.8. The molecule has 1 unspecified atom stereocenters. The number of hydrogen-bond donors (Lipinski definition) is 0. The molecule has 112 valence electrons. The second kappa shape index (κ2) is 6.13. The van der Waals surface area contributed by atoms with Gasteiger partial charge in [-0.2, -0.15) is 13.2 Å². The van der Waals surface area contributed by atoms with E-state index in [1.807, 2.05) is 13.0 Å². The normalized spacial score (nSPS) is 13.2. The van der Waals surface area contributed by atoms with E-state index in [1.54, 1.807) is 12.3 Å². The van der Waals surface area contributed by atoms with E-state index in [0.717, 1.165) is 29.5 Å². The second-order valence-corrected chi connectivity index (χ2v) is 5.78. The molecule has 0 aliphatic heterocycles. The number of nitrogens with zero attached hydrogens (tertiary/aromatic N) is 1. The summed E-state index contributed by atoms with van der Waals surface area (Å²) in [6, 6.07) is 6.05. The quantitative estimate of drug-likeness (QED) is 0.539. The third kappa shape index (κ3) is 3.81. The molecule has 0 amide bonds. The molecule has 0 aliphatic rings. The number of hydrogen-bond acceptors (Lipinski definition) is 1. The van der Waals surface area contributed by atoms with Crippen molar-refractivity contribution < 1.29 is 17.6 Å². The molecular formula is C15H12BrF4N. The van der Waals surface area contributed by atoms with Gasteiger partial charge in [-0.3, -0.25) is 4.98 Å². The van der Waals surface area contributed by atoms with E-state index in [1.165, 1.54) is 0 Å². The Morgan fingerprint density at radius 3 is 2.57 bits per heavy atom. The fourth-order valence-electron chi connectivity index (χ4n) is 1.97. The lowest BCUT2D eigenvalue weighted by Gasteiger charge is -2.15. The van der Waals surface area contributed by atoms with Gasteiger partial charge in [-0.25, -0.2) is 4.39 Å². The summed E-state index contributed by atoms with van der Waals surface area (Å²) in [6.45, 7) is 1.85. The van der Waals surface area contributed by atoms with Crippen molar-refractivity contribution in [2.45, 2.75) is 24.3 Å². The molecule has 0 fully saturated rings. The van der Waals surface area contributed by atoms with Crippen molar-refractivity contribution in [1.82, 2.24) is 4.98 Å². The second-order valence-electron chi connectivity index (χ2n) is 4.67. The number of pyridine rings is 1. The van der Waals surface area contributed by atoms with Crippen LogP contribution in [0.5, 0.6) is 0 Å². The van der Waals surface area contributed by atoms with E-state index in [4.69, 9.17) is 0 Å². The molecule has 1 heterocycles. The average Bonchev–Trinajstić information content (AvgIpc) is 2.40. The molecule has 6 heteroatoms. The van der Waals surface area contributed by atoms with Crippen LogP contribution < -0.4 is 0 Å². The number of rotatable bonds is 3. The van der Waals surface area contributed by atoms with Crippen LogP contribution in [-0.2, 0) is 12.6 Å². The summed E-state index contributed by atoms with van der Waals surface area (Å²) in [7, 11) is 0. The lowest BCUT2D eigenvalue weighted by atomic mass is 10.0. The fourth-order valence-corrected chi connectivity index (χ4v) is 2.63. The van der Waals surface area contributed by atoms with Crippen LogP contribution in [0.1, 0.15) is 27.2 Å².